The van der Waals surface area contributed by atoms with Crippen LogP contribution in [0.3, 0.4) is 0 Å². The molecule has 2 aromatic heterocycles. The molecule has 1 atom stereocenters. The fraction of sp³-hybridized carbons (Fsp3) is 0.115. The predicted octanol–water partition coefficient (Wildman–Crippen LogP) is 5.32. The van der Waals surface area contributed by atoms with E-state index >= 15 is 0 Å². The molecule has 0 unspecified atom stereocenters. The van der Waals surface area contributed by atoms with Gasteiger partial charge in [-0.25, -0.2) is 0 Å². The van der Waals surface area contributed by atoms with Gasteiger partial charge in [0.05, 0.1) is 0 Å². The summed E-state index contributed by atoms with van der Waals surface area (Å²) in [5, 5.41) is 12.2. The molecule has 1 amide bonds. The Kier molecular flexibility index (Phi) is 5.49. The molecule has 0 bridgehead atoms. The van der Waals surface area contributed by atoms with Gasteiger partial charge in [-0.3, -0.25) is 4.79 Å². The van der Waals surface area contributed by atoms with Crippen molar-refractivity contribution >= 4 is 16.9 Å². The highest BCUT2D eigenvalue weighted by molar-refractivity contribution is 5.79. The lowest BCUT2D eigenvalue weighted by Crippen LogP contribution is -2.29. The van der Waals surface area contributed by atoms with Crippen LogP contribution in [-0.4, -0.2) is 16.1 Å². The van der Waals surface area contributed by atoms with Crippen molar-refractivity contribution in [3.05, 3.63) is 108 Å². The third-order valence-electron chi connectivity index (χ3n) is 5.22. The normalized spacial score (nSPS) is 12.0. The lowest BCUT2D eigenvalue weighted by atomic mass is 10.0. The van der Waals surface area contributed by atoms with Gasteiger partial charge in [0, 0.05) is 23.8 Å². The summed E-state index contributed by atoms with van der Waals surface area (Å²) in [6.45, 7) is 0. The van der Waals surface area contributed by atoms with Gasteiger partial charge in [-0.05, 0) is 29.8 Å². The van der Waals surface area contributed by atoms with Crippen LogP contribution in [0.4, 0.5) is 0 Å². The minimum atomic E-state index is -0.390. The fourth-order valence-electron chi connectivity index (χ4n) is 3.61. The van der Waals surface area contributed by atoms with Crippen molar-refractivity contribution in [3.8, 4) is 11.5 Å². The lowest BCUT2D eigenvalue weighted by Gasteiger charge is -2.17. The molecule has 5 aromatic rings. The average Bonchev–Trinajstić information content (AvgIpc) is 3.49. The van der Waals surface area contributed by atoms with Gasteiger partial charge < -0.3 is 14.2 Å². The number of aromatic nitrogens is 2. The molecule has 5 rings (SSSR count). The molecule has 3 aromatic carbocycles. The van der Waals surface area contributed by atoms with Crippen molar-refractivity contribution in [1.82, 2.24) is 15.5 Å². The van der Waals surface area contributed by atoms with Gasteiger partial charge in [0.1, 0.15) is 17.4 Å². The minimum absolute atomic E-state index is 0.126. The van der Waals surface area contributed by atoms with Crippen LogP contribution in [0.15, 0.2) is 99.8 Å². The van der Waals surface area contributed by atoms with Gasteiger partial charge in [0.2, 0.25) is 17.7 Å². The smallest absolute Gasteiger partial charge is 0.247 e. The summed E-state index contributed by atoms with van der Waals surface area (Å²) in [5.41, 5.74) is 2.59. The molecule has 0 aliphatic carbocycles. The molecule has 0 saturated heterocycles. The fourth-order valence-corrected chi connectivity index (χ4v) is 3.61. The lowest BCUT2D eigenvalue weighted by molar-refractivity contribution is -0.121. The Morgan fingerprint density at radius 3 is 2.34 bits per heavy atom. The number of para-hydroxylation sites is 1. The van der Waals surface area contributed by atoms with Crippen molar-refractivity contribution in [2.24, 2.45) is 0 Å². The third kappa shape index (κ3) is 4.30. The van der Waals surface area contributed by atoms with Crippen molar-refractivity contribution in [2.75, 3.05) is 0 Å². The first-order chi connectivity index (χ1) is 15.8. The van der Waals surface area contributed by atoms with E-state index in [9.17, 15) is 4.79 Å². The monoisotopic (exact) mass is 423 g/mol. The number of hydrogen-bond acceptors (Lipinski definition) is 5. The van der Waals surface area contributed by atoms with E-state index in [-0.39, 0.29) is 12.3 Å². The van der Waals surface area contributed by atoms with Gasteiger partial charge >= 0.3 is 0 Å². The number of amides is 1. The van der Waals surface area contributed by atoms with Crippen LogP contribution in [-0.2, 0) is 11.2 Å². The zero-order valence-corrected chi connectivity index (χ0v) is 17.3. The number of carbonyl (C=O) groups excluding carboxylic acids is 1. The molecule has 6 heteroatoms. The van der Waals surface area contributed by atoms with Crippen molar-refractivity contribution in [1.29, 1.82) is 0 Å². The summed E-state index contributed by atoms with van der Waals surface area (Å²) in [4.78, 5) is 12.8. The van der Waals surface area contributed by atoms with E-state index in [1.165, 1.54) is 0 Å². The highest BCUT2D eigenvalue weighted by Gasteiger charge is 2.21. The van der Waals surface area contributed by atoms with Gasteiger partial charge in [0.15, 0.2) is 0 Å². The number of fused-ring (bicyclic) bond motifs is 1. The topological polar surface area (TPSA) is 81.2 Å². The van der Waals surface area contributed by atoms with E-state index in [1.54, 1.807) is 0 Å². The molecule has 0 spiro atoms. The number of nitrogens with one attached hydrogen (secondary N) is 1. The standard InChI is InChI=1S/C26H21N3O3/c30-23(15-16-24-28-29-26(32-24)19-11-5-2-6-12-19)27-25(18-9-3-1-4-10-18)22-17-20-13-7-8-14-21(20)31-22/h1-14,17,25H,15-16H2,(H,27,30)/t25-/m1/s1. The summed E-state index contributed by atoms with van der Waals surface area (Å²) < 4.78 is 11.8. The predicted molar refractivity (Wildman–Crippen MR) is 121 cm³/mol. The second-order valence-electron chi connectivity index (χ2n) is 7.46. The maximum atomic E-state index is 12.8. The quantitative estimate of drug-likeness (QED) is 0.383. The van der Waals surface area contributed by atoms with Crippen molar-refractivity contribution < 1.29 is 13.6 Å². The maximum Gasteiger partial charge on any atom is 0.247 e. The Hall–Kier alpha value is -4.19. The highest BCUT2D eigenvalue weighted by Crippen LogP contribution is 2.28. The minimum Gasteiger partial charge on any atom is -0.459 e. The number of carbonyl (C=O) groups is 1. The highest BCUT2D eigenvalue weighted by atomic mass is 16.4. The second-order valence-corrected chi connectivity index (χ2v) is 7.46. The van der Waals surface area contributed by atoms with E-state index in [0.717, 1.165) is 22.1 Å². The third-order valence-corrected chi connectivity index (χ3v) is 5.22. The van der Waals surface area contributed by atoms with Crippen LogP contribution >= 0.6 is 0 Å². The van der Waals surface area contributed by atoms with E-state index in [0.29, 0.717) is 24.0 Å². The Balaban J connectivity index is 1.30. The number of rotatable bonds is 7. The molecule has 0 fully saturated rings. The van der Waals surface area contributed by atoms with Gasteiger partial charge in [-0.1, -0.05) is 66.7 Å². The van der Waals surface area contributed by atoms with Crippen LogP contribution < -0.4 is 5.32 Å². The number of nitrogens with zero attached hydrogens (tertiary/aromatic N) is 2. The summed E-state index contributed by atoms with van der Waals surface area (Å²) in [6, 6.07) is 28.7. The molecular formula is C26H21N3O3. The molecule has 0 radical (unpaired) electrons. The molecule has 2 heterocycles. The van der Waals surface area contributed by atoms with Crippen LogP contribution in [0.25, 0.3) is 22.4 Å². The van der Waals surface area contributed by atoms with Gasteiger partial charge in [0.25, 0.3) is 0 Å². The zero-order valence-electron chi connectivity index (χ0n) is 17.3. The van der Waals surface area contributed by atoms with Crippen LogP contribution in [0.1, 0.15) is 29.7 Å². The maximum absolute atomic E-state index is 12.8. The Labute approximate surface area is 184 Å². The summed E-state index contributed by atoms with van der Waals surface area (Å²) in [5.74, 6) is 1.44. The van der Waals surface area contributed by atoms with Crippen LogP contribution in [0.5, 0.6) is 0 Å². The zero-order chi connectivity index (χ0) is 21.8. The number of hydrogen-bond donors (Lipinski definition) is 1. The summed E-state index contributed by atoms with van der Waals surface area (Å²) in [6.07, 6.45) is 0.577. The van der Waals surface area contributed by atoms with Crippen molar-refractivity contribution in [3.63, 3.8) is 0 Å². The van der Waals surface area contributed by atoms with E-state index in [1.807, 2.05) is 91.0 Å². The molecule has 32 heavy (non-hydrogen) atoms. The Morgan fingerprint density at radius 1 is 0.844 bits per heavy atom. The Morgan fingerprint density at radius 2 is 1.56 bits per heavy atom. The number of furan rings is 1. The molecular weight excluding hydrogens is 402 g/mol. The molecule has 6 nitrogen and oxygen atoms in total. The molecule has 0 aliphatic heterocycles. The first-order valence-corrected chi connectivity index (χ1v) is 10.5. The second kappa shape index (κ2) is 8.89. The molecule has 158 valence electrons. The van der Waals surface area contributed by atoms with Crippen LogP contribution in [0, 0.1) is 0 Å². The summed E-state index contributed by atoms with van der Waals surface area (Å²) in [7, 11) is 0. The average molecular weight is 423 g/mol. The SMILES string of the molecule is O=C(CCc1nnc(-c2ccccc2)o1)N[C@H](c1ccccc1)c1cc2ccccc2o1. The van der Waals surface area contributed by atoms with Gasteiger partial charge in [-0.15, -0.1) is 10.2 Å². The van der Waals surface area contributed by atoms with Crippen LogP contribution in [0.2, 0.25) is 0 Å². The van der Waals surface area contributed by atoms with Gasteiger partial charge in [-0.2, -0.15) is 0 Å². The number of benzene rings is 3. The molecule has 0 aliphatic rings. The molecule has 0 saturated carbocycles. The molecule has 1 N–H and O–H groups in total. The largest absolute Gasteiger partial charge is 0.459 e. The van der Waals surface area contributed by atoms with E-state index in [2.05, 4.69) is 15.5 Å². The first kappa shape index (κ1) is 19.8. The first-order valence-electron chi connectivity index (χ1n) is 10.5. The van der Waals surface area contributed by atoms with E-state index < -0.39 is 6.04 Å². The number of aryl methyl sites for hydroxylation is 1. The summed E-state index contributed by atoms with van der Waals surface area (Å²) >= 11 is 0. The van der Waals surface area contributed by atoms with E-state index in [4.69, 9.17) is 8.83 Å². The Bertz CT molecular complexity index is 1290. The van der Waals surface area contributed by atoms with Crippen molar-refractivity contribution in [2.45, 2.75) is 18.9 Å².